The van der Waals surface area contributed by atoms with Gasteiger partial charge in [-0.3, -0.25) is 9.97 Å². The number of aryl methyl sites for hydroxylation is 1. The molecule has 0 aliphatic carbocycles. The first-order chi connectivity index (χ1) is 16.0. The van der Waals surface area contributed by atoms with E-state index < -0.39 is 0 Å². The summed E-state index contributed by atoms with van der Waals surface area (Å²) in [4.78, 5) is 11.5. The SMILES string of the molecule is Cc1cc(C2C(c3ccccn3)NC(=S)N2Cc2ccccn2)c(C)n1-c1ccc(Br)cc1. The molecule has 1 aromatic carbocycles. The highest BCUT2D eigenvalue weighted by atomic mass is 79.9. The van der Waals surface area contributed by atoms with Crippen molar-refractivity contribution in [2.24, 2.45) is 0 Å². The van der Waals surface area contributed by atoms with E-state index in [1.165, 1.54) is 17.0 Å². The molecule has 1 aliphatic rings. The van der Waals surface area contributed by atoms with Crippen molar-refractivity contribution in [3.05, 3.63) is 112 Å². The number of thiocarbonyl (C=S) groups is 1. The molecule has 0 amide bonds. The summed E-state index contributed by atoms with van der Waals surface area (Å²) in [5.41, 5.74) is 6.70. The number of benzene rings is 1. The van der Waals surface area contributed by atoms with Gasteiger partial charge in [0.25, 0.3) is 0 Å². The van der Waals surface area contributed by atoms with Crippen LogP contribution in [0.2, 0.25) is 0 Å². The van der Waals surface area contributed by atoms with E-state index in [1.807, 2.05) is 42.7 Å². The molecule has 33 heavy (non-hydrogen) atoms. The molecule has 7 heteroatoms. The third-order valence-electron chi connectivity index (χ3n) is 6.13. The van der Waals surface area contributed by atoms with Gasteiger partial charge < -0.3 is 14.8 Å². The monoisotopic (exact) mass is 517 g/mol. The Bertz CT molecular complexity index is 1270. The summed E-state index contributed by atoms with van der Waals surface area (Å²) < 4.78 is 3.37. The summed E-state index contributed by atoms with van der Waals surface area (Å²) in [6.07, 6.45) is 3.66. The predicted octanol–water partition coefficient (Wildman–Crippen LogP) is 5.82. The van der Waals surface area contributed by atoms with Crippen molar-refractivity contribution in [1.29, 1.82) is 0 Å². The van der Waals surface area contributed by atoms with Crippen molar-refractivity contribution in [1.82, 2.24) is 24.8 Å². The van der Waals surface area contributed by atoms with Crippen LogP contribution in [-0.4, -0.2) is 24.5 Å². The van der Waals surface area contributed by atoms with E-state index in [9.17, 15) is 0 Å². The molecule has 1 N–H and O–H groups in total. The molecule has 2 unspecified atom stereocenters. The highest BCUT2D eigenvalue weighted by Crippen LogP contribution is 2.42. The Morgan fingerprint density at radius 3 is 2.36 bits per heavy atom. The maximum absolute atomic E-state index is 5.83. The van der Waals surface area contributed by atoms with Crippen LogP contribution in [0, 0.1) is 13.8 Å². The summed E-state index contributed by atoms with van der Waals surface area (Å²) in [7, 11) is 0. The molecule has 3 aromatic heterocycles. The van der Waals surface area contributed by atoms with Gasteiger partial charge in [-0.25, -0.2) is 0 Å². The van der Waals surface area contributed by atoms with E-state index in [1.54, 1.807) is 0 Å². The first kappa shape index (κ1) is 21.8. The predicted molar refractivity (Wildman–Crippen MR) is 138 cm³/mol. The standard InChI is InChI=1S/C26H24BrN5S/c1-17-15-22(18(2)32(17)21-11-9-19(27)10-12-21)25-24(23-8-4-6-14-29-23)30-26(33)31(25)16-20-7-3-5-13-28-20/h3-15,24-25H,16H2,1-2H3,(H,30,33). The number of pyridine rings is 2. The largest absolute Gasteiger partial charge is 0.352 e. The zero-order valence-electron chi connectivity index (χ0n) is 18.4. The summed E-state index contributed by atoms with van der Waals surface area (Å²) in [5.74, 6) is 0. The van der Waals surface area contributed by atoms with Crippen LogP contribution >= 0.6 is 28.1 Å². The van der Waals surface area contributed by atoms with E-state index in [0.717, 1.165) is 26.7 Å². The molecule has 5 nitrogen and oxygen atoms in total. The second-order valence-electron chi connectivity index (χ2n) is 8.21. The third-order valence-corrected chi connectivity index (χ3v) is 7.01. The number of nitrogens with one attached hydrogen (secondary N) is 1. The van der Waals surface area contributed by atoms with Crippen molar-refractivity contribution in [2.45, 2.75) is 32.5 Å². The second kappa shape index (κ2) is 9.08. The fourth-order valence-electron chi connectivity index (χ4n) is 4.66. The maximum Gasteiger partial charge on any atom is 0.170 e. The molecule has 4 heterocycles. The number of rotatable bonds is 5. The Labute approximate surface area is 207 Å². The van der Waals surface area contributed by atoms with Gasteiger partial charge in [0.2, 0.25) is 0 Å². The van der Waals surface area contributed by atoms with Crippen LogP contribution in [0.5, 0.6) is 0 Å². The van der Waals surface area contributed by atoms with Gasteiger partial charge in [-0.2, -0.15) is 0 Å². The van der Waals surface area contributed by atoms with E-state index in [2.05, 4.69) is 90.9 Å². The van der Waals surface area contributed by atoms with Crippen LogP contribution in [-0.2, 0) is 6.54 Å². The molecule has 0 spiro atoms. The average molecular weight is 518 g/mol. The second-order valence-corrected chi connectivity index (χ2v) is 9.52. The van der Waals surface area contributed by atoms with Crippen LogP contribution in [0.1, 0.15) is 40.4 Å². The van der Waals surface area contributed by atoms with Crippen molar-refractivity contribution < 1.29 is 0 Å². The average Bonchev–Trinajstić information content (AvgIpc) is 3.31. The normalized spacial score (nSPS) is 17.9. The molecule has 0 saturated carbocycles. The van der Waals surface area contributed by atoms with Crippen LogP contribution in [0.4, 0.5) is 0 Å². The Balaban J connectivity index is 1.61. The summed E-state index contributed by atoms with van der Waals surface area (Å²) in [6, 6.07) is 22.6. The van der Waals surface area contributed by atoms with Crippen molar-refractivity contribution in [3.8, 4) is 5.69 Å². The zero-order chi connectivity index (χ0) is 22.9. The van der Waals surface area contributed by atoms with Gasteiger partial charge in [-0.05, 0) is 86.2 Å². The number of hydrogen-bond donors (Lipinski definition) is 1. The summed E-state index contributed by atoms with van der Waals surface area (Å²) in [5, 5.41) is 4.26. The quantitative estimate of drug-likeness (QED) is 0.338. The van der Waals surface area contributed by atoms with Gasteiger partial charge in [0.1, 0.15) is 0 Å². The summed E-state index contributed by atoms with van der Waals surface area (Å²) in [6.45, 7) is 4.96. The molecule has 1 fully saturated rings. The molecule has 0 radical (unpaired) electrons. The third kappa shape index (κ3) is 4.18. The minimum Gasteiger partial charge on any atom is -0.352 e. The smallest absolute Gasteiger partial charge is 0.170 e. The minimum absolute atomic E-state index is 0.00944. The van der Waals surface area contributed by atoms with Crippen LogP contribution in [0.25, 0.3) is 5.69 Å². The Hall–Kier alpha value is -3.03. The molecule has 4 aromatic rings. The van der Waals surface area contributed by atoms with Crippen LogP contribution in [0.15, 0.2) is 83.6 Å². The summed E-state index contributed by atoms with van der Waals surface area (Å²) >= 11 is 9.37. The fourth-order valence-corrected chi connectivity index (χ4v) is 5.22. The molecule has 2 atom stereocenters. The lowest BCUT2D eigenvalue weighted by molar-refractivity contribution is 0.307. The highest BCUT2D eigenvalue weighted by molar-refractivity contribution is 9.10. The Morgan fingerprint density at radius 1 is 0.970 bits per heavy atom. The van der Waals surface area contributed by atoms with E-state index in [-0.39, 0.29) is 12.1 Å². The Morgan fingerprint density at radius 2 is 1.70 bits per heavy atom. The van der Waals surface area contributed by atoms with Gasteiger partial charge in [-0.15, -0.1) is 0 Å². The lowest BCUT2D eigenvalue weighted by atomic mass is 9.96. The number of halogens is 1. The number of nitrogens with zero attached hydrogens (tertiary/aromatic N) is 4. The van der Waals surface area contributed by atoms with Crippen LogP contribution < -0.4 is 5.32 Å². The molecule has 5 rings (SSSR count). The molecular weight excluding hydrogens is 494 g/mol. The molecule has 166 valence electrons. The van der Waals surface area contributed by atoms with Gasteiger partial charge in [0.05, 0.1) is 30.0 Å². The lowest BCUT2D eigenvalue weighted by Gasteiger charge is -2.28. The van der Waals surface area contributed by atoms with Gasteiger partial charge in [0.15, 0.2) is 5.11 Å². The van der Waals surface area contributed by atoms with E-state index in [0.29, 0.717) is 6.54 Å². The first-order valence-corrected chi connectivity index (χ1v) is 12.1. The fraction of sp³-hybridized carbons (Fsp3) is 0.192. The van der Waals surface area contributed by atoms with Gasteiger partial charge in [0, 0.05) is 33.9 Å². The minimum atomic E-state index is -0.0544. The van der Waals surface area contributed by atoms with Crippen LogP contribution in [0.3, 0.4) is 0 Å². The van der Waals surface area contributed by atoms with E-state index >= 15 is 0 Å². The Kier molecular flexibility index (Phi) is 6.00. The van der Waals surface area contributed by atoms with Crippen molar-refractivity contribution >= 4 is 33.3 Å². The molecule has 0 bridgehead atoms. The first-order valence-electron chi connectivity index (χ1n) is 10.9. The highest BCUT2D eigenvalue weighted by Gasteiger charge is 2.41. The maximum atomic E-state index is 5.83. The lowest BCUT2D eigenvalue weighted by Crippen LogP contribution is -2.29. The van der Waals surface area contributed by atoms with Gasteiger partial charge in [-0.1, -0.05) is 28.1 Å². The van der Waals surface area contributed by atoms with Crippen molar-refractivity contribution in [3.63, 3.8) is 0 Å². The van der Waals surface area contributed by atoms with Gasteiger partial charge >= 0.3 is 0 Å². The molecule has 1 aliphatic heterocycles. The number of hydrogen-bond acceptors (Lipinski definition) is 3. The van der Waals surface area contributed by atoms with Crippen molar-refractivity contribution in [2.75, 3.05) is 0 Å². The topological polar surface area (TPSA) is 46.0 Å². The number of aromatic nitrogens is 3. The van der Waals surface area contributed by atoms with E-state index in [4.69, 9.17) is 12.2 Å². The molecular formula is C26H24BrN5S. The molecule has 1 saturated heterocycles. The zero-order valence-corrected chi connectivity index (χ0v) is 20.8.